The number of aliphatic carboxylic acids is 1. The Morgan fingerprint density at radius 2 is 2.24 bits per heavy atom. The van der Waals surface area contributed by atoms with E-state index in [1.165, 1.54) is 6.07 Å². The van der Waals surface area contributed by atoms with Crippen molar-refractivity contribution in [2.45, 2.75) is 32.7 Å². The van der Waals surface area contributed by atoms with Crippen LogP contribution in [0.15, 0.2) is 18.2 Å². The maximum Gasteiger partial charge on any atom is 0.305 e. The fraction of sp³-hybridized carbons (Fsp3) is 0.462. The summed E-state index contributed by atoms with van der Waals surface area (Å²) in [5.41, 5.74) is 1.25. The highest BCUT2D eigenvalue weighted by atomic mass is 19.1. The molecule has 1 unspecified atom stereocenters. The summed E-state index contributed by atoms with van der Waals surface area (Å²) in [6.45, 7) is 4.40. The third-order valence-corrected chi connectivity index (χ3v) is 2.62. The van der Waals surface area contributed by atoms with Gasteiger partial charge in [-0.25, -0.2) is 4.39 Å². The van der Waals surface area contributed by atoms with Gasteiger partial charge < -0.3 is 10.4 Å². The Morgan fingerprint density at radius 1 is 1.53 bits per heavy atom. The number of carboxylic acid groups (broad SMARTS) is 1. The first kappa shape index (κ1) is 13.6. The zero-order valence-corrected chi connectivity index (χ0v) is 10.2. The number of halogens is 1. The quantitative estimate of drug-likeness (QED) is 0.802. The first-order valence-electron chi connectivity index (χ1n) is 5.75. The highest BCUT2D eigenvalue weighted by Gasteiger charge is 2.15. The Hall–Kier alpha value is -1.42. The monoisotopic (exact) mass is 239 g/mol. The van der Waals surface area contributed by atoms with Crippen LogP contribution < -0.4 is 5.32 Å². The molecule has 1 rings (SSSR count). The van der Waals surface area contributed by atoms with Crippen LogP contribution in [0.5, 0.6) is 0 Å². The third-order valence-electron chi connectivity index (χ3n) is 2.62. The molecule has 0 aliphatic carbocycles. The van der Waals surface area contributed by atoms with Gasteiger partial charge in [0.1, 0.15) is 5.82 Å². The van der Waals surface area contributed by atoms with Gasteiger partial charge in [-0.1, -0.05) is 19.1 Å². The van der Waals surface area contributed by atoms with Gasteiger partial charge in [-0.05, 0) is 37.1 Å². The van der Waals surface area contributed by atoms with Gasteiger partial charge in [-0.2, -0.15) is 0 Å². The van der Waals surface area contributed by atoms with Gasteiger partial charge >= 0.3 is 5.97 Å². The molecule has 0 saturated carbocycles. The molecule has 1 atom stereocenters. The molecule has 0 bridgehead atoms. The van der Waals surface area contributed by atoms with E-state index in [-0.39, 0.29) is 18.3 Å². The SMILES string of the molecule is CCCNC(CC(=O)O)c1ccc(C)c(F)c1. The summed E-state index contributed by atoms with van der Waals surface area (Å²) in [5, 5.41) is 12.0. The zero-order chi connectivity index (χ0) is 12.8. The predicted molar refractivity (Wildman–Crippen MR) is 64.4 cm³/mol. The second kappa shape index (κ2) is 6.35. The highest BCUT2D eigenvalue weighted by molar-refractivity contribution is 5.68. The van der Waals surface area contributed by atoms with Crippen LogP contribution >= 0.6 is 0 Å². The van der Waals surface area contributed by atoms with Gasteiger partial charge in [0.05, 0.1) is 6.42 Å². The van der Waals surface area contributed by atoms with E-state index in [4.69, 9.17) is 5.11 Å². The lowest BCUT2D eigenvalue weighted by molar-refractivity contribution is -0.137. The summed E-state index contributed by atoms with van der Waals surface area (Å²) in [5.74, 6) is -1.18. The fourth-order valence-corrected chi connectivity index (χ4v) is 1.63. The second-order valence-electron chi connectivity index (χ2n) is 4.11. The van der Waals surface area contributed by atoms with Crippen LogP contribution in [0.2, 0.25) is 0 Å². The Morgan fingerprint density at radius 3 is 2.76 bits per heavy atom. The minimum atomic E-state index is -0.889. The standard InChI is InChI=1S/C13H18FNO2/c1-3-6-15-12(8-13(16)17)10-5-4-9(2)11(14)7-10/h4-5,7,12,15H,3,6,8H2,1-2H3,(H,16,17). The van der Waals surface area contributed by atoms with Gasteiger partial charge in [0.15, 0.2) is 0 Å². The maximum absolute atomic E-state index is 13.4. The molecule has 0 aromatic heterocycles. The lowest BCUT2D eigenvalue weighted by atomic mass is 10.0. The van der Waals surface area contributed by atoms with E-state index in [0.29, 0.717) is 17.7 Å². The van der Waals surface area contributed by atoms with Crippen LogP contribution in [-0.2, 0) is 4.79 Å². The van der Waals surface area contributed by atoms with E-state index in [9.17, 15) is 9.18 Å². The topological polar surface area (TPSA) is 49.3 Å². The molecule has 0 aliphatic heterocycles. The van der Waals surface area contributed by atoms with Crippen molar-refractivity contribution >= 4 is 5.97 Å². The van der Waals surface area contributed by atoms with E-state index >= 15 is 0 Å². The lowest BCUT2D eigenvalue weighted by Gasteiger charge is -2.17. The van der Waals surface area contributed by atoms with E-state index in [2.05, 4.69) is 5.32 Å². The average molecular weight is 239 g/mol. The first-order chi connectivity index (χ1) is 8.04. The molecule has 1 aromatic rings. The summed E-state index contributed by atoms with van der Waals surface area (Å²) in [6.07, 6.45) is 0.868. The Balaban J connectivity index is 2.86. The van der Waals surface area contributed by atoms with Crippen molar-refractivity contribution in [3.8, 4) is 0 Å². The van der Waals surface area contributed by atoms with E-state index in [1.807, 2.05) is 6.92 Å². The van der Waals surface area contributed by atoms with E-state index in [0.717, 1.165) is 6.42 Å². The third kappa shape index (κ3) is 4.15. The average Bonchev–Trinajstić information content (AvgIpc) is 2.27. The molecular formula is C13H18FNO2. The maximum atomic E-state index is 13.4. The Kier molecular flexibility index (Phi) is 5.10. The predicted octanol–water partition coefficient (Wildman–Crippen LogP) is 2.65. The normalized spacial score (nSPS) is 12.4. The second-order valence-corrected chi connectivity index (χ2v) is 4.11. The summed E-state index contributed by atoms with van der Waals surface area (Å²) < 4.78 is 13.4. The summed E-state index contributed by atoms with van der Waals surface area (Å²) >= 11 is 0. The number of benzene rings is 1. The fourth-order valence-electron chi connectivity index (χ4n) is 1.63. The number of carboxylic acids is 1. The minimum Gasteiger partial charge on any atom is -0.481 e. The first-order valence-corrected chi connectivity index (χ1v) is 5.75. The van der Waals surface area contributed by atoms with Gasteiger partial charge in [0.2, 0.25) is 0 Å². The molecular weight excluding hydrogens is 221 g/mol. The molecule has 0 heterocycles. The molecule has 4 heteroatoms. The van der Waals surface area contributed by atoms with E-state index < -0.39 is 5.97 Å². The van der Waals surface area contributed by atoms with Crippen molar-refractivity contribution in [2.24, 2.45) is 0 Å². The van der Waals surface area contributed by atoms with Gasteiger partial charge in [-0.15, -0.1) is 0 Å². The molecule has 1 aromatic carbocycles. The highest BCUT2D eigenvalue weighted by Crippen LogP contribution is 2.19. The number of hydrogen-bond acceptors (Lipinski definition) is 2. The largest absolute Gasteiger partial charge is 0.481 e. The molecule has 94 valence electrons. The van der Waals surface area contributed by atoms with Crippen LogP contribution in [0.25, 0.3) is 0 Å². The van der Waals surface area contributed by atoms with Crippen molar-refractivity contribution in [3.63, 3.8) is 0 Å². The van der Waals surface area contributed by atoms with Crippen LogP contribution in [0.1, 0.15) is 36.9 Å². The molecule has 0 amide bonds. The number of hydrogen-bond donors (Lipinski definition) is 2. The van der Waals surface area contributed by atoms with Gasteiger partial charge in [0, 0.05) is 6.04 Å². The summed E-state index contributed by atoms with van der Waals surface area (Å²) in [4.78, 5) is 10.8. The smallest absolute Gasteiger partial charge is 0.305 e. The van der Waals surface area contributed by atoms with Crippen LogP contribution in [0.4, 0.5) is 4.39 Å². The molecule has 0 saturated heterocycles. The number of aryl methyl sites for hydroxylation is 1. The number of rotatable bonds is 6. The van der Waals surface area contributed by atoms with Crippen molar-refractivity contribution in [3.05, 3.63) is 35.1 Å². The van der Waals surface area contributed by atoms with Crippen molar-refractivity contribution in [2.75, 3.05) is 6.54 Å². The lowest BCUT2D eigenvalue weighted by Crippen LogP contribution is -2.24. The zero-order valence-electron chi connectivity index (χ0n) is 10.2. The molecule has 0 fully saturated rings. The summed E-state index contributed by atoms with van der Waals surface area (Å²) in [7, 11) is 0. The number of carbonyl (C=O) groups is 1. The molecule has 3 nitrogen and oxygen atoms in total. The Labute approximate surface area is 101 Å². The molecule has 0 radical (unpaired) electrons. The minimum absolute atomic E-state index is 0.0392. The summed E-state index contributed by atoms with van der Waals surface area (Å²) in [6, 6.07) is 4.52. The molecule has 2 N–H and O–H groups in total. The molecule has 0 aliphatic rings. The molecule has 17 heavy (non-hydrogen) atoms. The van der Waals surface area contributed by atoms with Crippen molar-refractivity contribution in [1.29, 1.82) is 0 Å². The van der Waals surface area contributed by atoms with Crippen LogP contribution in [0, 0.1) is 12.7 Å². The number of nitrogens with one attached hydrogen (secondary N) is 1. The van der Waals surface area contributed by atoms with Crippen molar-refractivity contribution < 1.29 is 14.3 Å². The van der Waals surface area contributed by atoms with Gasteiger partial charge in [0.25, 0.3) is 0 Å². The van der Waals surface area contributed by atoms with Gasteiger partial charge in [-0.3, -0.25) is 4.79 Å². The Bertz CT molecular complexity index is 393. The molecule has 0 spiro atoms. The van der Waals surface area contributed by atoms with Crippen LogP contribution in [0.3, 0.4) is 0 Å². The van der Waals surface area contributed by atoms with E-state index in [1.54, 1.807) is 19.1 Å². The van der Waals surface area contributed by atoms with Crippen LogP contribution in [-0.4, -0.2) is 17.6 Å². The van der Waals surface area contributed by atoms with Crippen molar-refractivity contribution in [1.82, 2.24) is 5.32 Å².